The number of fused-ring (bicyclic) bond motifs is 1. The zero-order valence-electron chi connectivity index (χ0n) is 13.5. The molecule has 0 bridgehead atoms. The Hall–Kier alpha value is -2.52. The number of benzene rings is 2. The molecule has 7 nitrogen and oxygen atoms in total. The Kier molecular flexibility index (Phi) is 4.33. The molecule has 4 aromatic rings. The van der Waals surface area contributed by atoms with Crippen LogP contribution >= 0.6 is 31.9 Å². The molecule has 0 fully saturated rings. The number of hydrogen-bond donors (Lipinski definition) is 2. The Balaban J connectivity index is 1.74. The second kappa shape index (κ2) is 6.65. The fourth-order valence-corrected chi connectivity index (χ4v) is 3.87. The first-order chi connectivity index (χ1) is 12.5. The maximum Gasteiger partial charge on any atom is 0.272 e. The summed E-state index contributed by atoms with van der Waals surface area (Å²) < 4.78 is 3.66. The molecular weight excluding hydrogens is 464 g/mol. The quantitative estimate of drug-likeness (QED) is 0.466. The van der Waals surface area contributed by atoms with Gasteiger partial charge in [-0.2, -0.15) is 0 Å². The van der Waals surface area contributed by atoms with Crippen molar-refractivity contribution in [1.29, 1.82) is 0 Å². The van der Waals surface area contributed by atoms with E-state index >= 15 is 0 Å². The molecule has 2 aromatic heterocycles. The number of carbonyl (C=O) groups excluding carboxylic acids is 1. The van der Waals surface area contributed by atoms with E-state index in [2.05, 4.69) is 57.8 Å². The molecule has 9 heteroatoms. The molecule has 2 N–H and O–H groups in total. The predicted molar refractivity (Wildman–Crippen MR) is 106 cm³/mol. The minimum Gasteiger partial charge on any atom is -0.339 e. The maximum atomic E-state index is 12.9. The summed E-state index contributed by atoms with van der Waals surface area (Å²) in [6.45, 7) is 0. The number of H-pyrrole nitrogens is 1. The normalized spacial score (nSPS) is 11.0. The molecule has 0 unspecified atom stereocenters. The summed E-state index contributed by atoms with van der Waals surface area (Å²) in [5.41, 5.74) is 2.82. The maximum absolute atomic E-state index is 12.9. The summed E-state index contributed by atoms with van der Waals surface area (Å²) in [6, 6.07) is 13.2. The van der Waals surface area contributed by atoms with Gasteiger partial charge in [-0.25, -0.2) is 5.10 Å². The van der Waals surface area contributed by atoms with Crippen molar-refractivity contribution in [2.75, 3.05) is 5.32 Å². The number of para-hydroxylation sites is 1. The third-order valence-corrected chi connectivity index (χ3v) is 5.20. The number of amides is 1. The molecule has 2 aromatic carbocycles. The molecular formula is C17H12Br2N6O. The van der Waals surface area contributed by atoms with Crippen LogP contribution < -0.4 is 5.32 Å². The molecule has 130 valence electrons. The Morgan fingerprint density at radius 1 is 1.19 bits per heavy atom. The van der Waals surface area contributed by atoms with E-state index in [1.807, 2.05) is 48.0 Å². The third kappa shape index (κ3) is 2.93. The van der Waals surface area contributed by atoms with E-state index < -0.39 is 0 Å². The number of anilines is 1. The largest absolute Gasteiger partial charge is 0.339 e. The number of carbonyl (C=O) groups is 1. The average molecular weight is 476 g/mol. The lowest BCUT2D eigenvalue weighted by Crippen LogP contribution is -2.16. The van der Waals surface area contributed by atoms with Crippen LogP contribution in [-0.2, 0) is 7.05 Å². The third-order valence-electron chi connectivity index (χ3n) is 4.07. The Morgan fingerprint density at radius 3 is 2.77 bits per heavy atom. The molecule has 26 heavy (non-hydrogen) atoms. The number of aryl methyl sites for hydroxylation is 1. The first kappa shape index (κ1) is 16.9. The number of hydrogen-bond acceptors (Lipinski definition) is 4. The highest BCUT2D eigenvalue weighted by Crippen LogP contribution is 2.30. The van der Waals surface area contributed by atoms with Gasteiger partial charge in [0, 0.05) is 26.9 Å². The van der Waals surface area contributed by atoms with Crippen LogP contribution in [0.15, 0.2) is 51.4 Å². The molecule has 1 amide bonds. The van der Waals surface area contributed by atoms with Gasteiger partial charge in [-0.1, -0.05) is 28.1 Å². The minimum absolute atomic E-state index is 0.216. The van der Waals surface area contributed by atoms with Gasteiger partial charge in [-0.15, -0.1) is 5.10 Å². The molecule has 0 aliphatic rings. The first-order valence-corrected chi connectivity index (χ1v) is 9.22. The number of aromatic amines is 1. The lowest BCUT2D eigenvalue weighted by atomic mass is 10.1. The Labute approximate surface area is 165 Å². The van der Waals surface area contributed by atoms with Crippen LogP contribution in [0, 0.1) is 0 Å². The summed E-state index contributed by atoms with van der Waals surface area (Å²) in [4.78, 5) is 12.9. The number of nitrogens with one attached hydrogen (secondary N) is 2. The van der Waals surface area contributed by atoms with Gasteiger partial charge in [0.1, 0.15) is 5.69 Å². The number of aromatic nitrogens is 5. The second-order valence-corrected chi connectivity index (χ2v) is 7.43. The highest BCUT2D eigenvalue weighted by Gasteiger charge is 2.17. The van der Waals surface area contributed by atoms with Crippen molar-refractivity contribution in [3.05, 3.63) is 57.1 Å². The number of rotatable bonds is 3. The lowest BCUT2D eigenvalue weighted by Gasteiger charge is -2.10. The molecule has 4 rings (SSSR count). The van der Waals surface area contributed by atoms with Crippen LogP contribution in [0.4, 0.5) is 5.69 Å². The van der Waals surface area contributed by atoms with Gasteiger partial charge in [0.15, 0.2) is 5.82 Å². The SMILES string of the molecule is Cn1c(C(=O)Nc2ccc(Br)cc2-c2nnn[nH]2)cc2cccc(Br)c21. The molecule has 2 heterocycles. The molecule has 0 saturated heterocycles. The van der Waals surface area contributed by atoms with Crippen molar-refractivity contribution in [2.24, 2.45) is 7.05 Å². The van der Waals surface area contributed by atoms with Crippen molar-refractivity contribution in [3.63, 3.8) is 0 Å². The van der Waals surface area contributed by atoms with E-state index in [1.54, 1.807) is 6.07 Å². The highest BCUT2D eigenvalue weighted by molar-refractivity contribution is 9.11. The van der Waals surface area contributed by atoms with Gasteiger partial charge >= 0.3 is 0 Å². The van der Waals surface area contributed by atoms with Gasteiger partial charge in [-0.3, -0.25) is 4.79 Å². The van der Waals surface area contributed by atoms with Crippen molar-refractivity contribution >= 4 is 54.4 Å². The van der Waals surface area contributed by atoms with Crippen molar-refractivity contribution in [1.82, 2.24) is 25.2 Å². The van der Waals surface area contributed by atoms with Gasteiger partial charge in [-0.05, 0) is 56.7 Å². The van der Waals surface area contributed by atoms with Crippen LogP contribution in [0.2, 0.25) is 0 Å². The zero-order chi connectivity index (χ0) is 18.3. The molecule has 0 atom stereocenters. The number of halogens is 2. The Morgan fingerprint density at radius 2 is 2.04 bits per heavy atom. The highest BCUT2D eigenvalue weighted by atomic mass is 79.9. The summed E-state index contributed by atoms with van der Waals surface area (Å²) in [7, 11) is 1.87. The summed E-state index contributed by atoms with van der Waals surface area (Å²) in [5, 5.41) is 17.8. The van der Waals surface area contributed by atoms with Crippen LogP contribution in [-0.4, -0.2) is 31.1 Å². The van der Waals surface area contributed by atoms with Gasteiger partial charge < -0.3 is 9.88 Å². The van der Waals surface area contributed by atoms with Crippen molar-refractivity contribution in [3.8, 4) is 11.4 Å². The van der Waals surface area contributed by atoms with Crippen LogP contribution in [0.1, 0.15) is 10.5 Å². The minimum atomic E-state index is -0.216. The monoisotopic (exact) mass is 474 g/mol. The standard InChI is InChI=1S/C17H12Br2N6O/c1-25-14(7-9-3-2-4-12(19)15(9)25)17(26)20-13-6-5-10(18)8-11(13)16-21-23-24-22-16/h2-8H,1H3,(H,20,26)(H,21,22,23,24). The topological polar surface area (TPSA) is 88.5 Å². The first-order valence-electron chi connectivity index (χ1n) is 7.63. The van der Waals surface area contributed by atoms with E-state index in [4.69, 9.17) is 0 Å². The van der Waals surface area contributed by atoms with E-state index in [-0.39, 0.29) is 5.91 Å². The average Bonchev–Trinajstić information content (AvgIpc) is 3.25. The fourth-order valence-electron chi connectivity index (χ4n) is 2.87. The van der Waals surface area contributed by atoms with E-state index in [1.165, 1.54) is 0 Å². The lowest BCUT2D eigenvalue weighted by molar-refractivity contribution is 0.102. The zero-order valence-corrected chi connectivity index (χ0v) is 16.7. The van der Waals surface area contributed by atoms with E-state index in [9.17, 15) is 4.79 Å². The smallest absolute Gasteiger partial charge is 0.272 e. The van der Waals surface area contributed by atoms with E-state index in [0.717, 1.165) is 19.8 Å². The fraction of sp³-hybridized carbons (Fsp3) is 0.0588. The Bertz CT molecular complexity index is 1120. The molecule has 0 spiro atoms. The van der Waals surface area contributed by atoms with Crippen LogP contribution in [0.5, 0.6) is 0 Å². The van der Waals surface area contributed by atoms with Gasteiger partial charge in [0.25, 0.3) is 5.91 Å². The van der Waals surface area contributed by atoms with Crippen LogP contribution in [0.3, 0.4) is 0 Å². The summed E-state index contributed by atoms with van der Waals surface area (Å²) in [5.74, 6) is 0.257. The predicted octanol–water partition coefficient (Wildman–Crippen LogP) is 4.14. The van der Waals surface area contributed by atoms with Gasteiger partial charge in [0.2, 0.25) is 0 Å². The second-order valence-electron chi connectivity index (χ2n) is 5.66. The number of tetrazole rings is 1. The van der Waals surface area contributed by atoms with Crippen LogP contribution in [0.25, 0.3) is 22.3 Å². The van der Waals surface area contributed by atoms with Gasteiger partial charge in [0.05, 0.1) is 11.2 Å². The molecule has 0 radical (unpaired) electrons. The summed E-state index contributed by atoms with van der Waals surface area (Å²) in [6.07, 6.45) is 0. The van der Waals surface area contributed by atoms with Crippen molar-refractivity contribution in [2.45, 2.75) is 0 Å². The molecule has 0 aliphatic heterocycles. The summed E-state index contributed by atoms with van der Waals surface area (Å²) >= 11 is 6.97. The van der Waals surface area contributed by atoms with Crippen molar-refractivity contribution < 1.29 is 4.79 Å². The molecule has 0 aliphatic carbocycles. The van der Waals surface area contributed by atoms with E-state index in [0.29, 0.717) is 22.8 Å². The number of nitrogens with zero attached hydrogens (tertiary/aromatic N) is 4. The molecule has 0 saturated carbocycles.